The van der Waals surface area contributed by atoms with Crippen molar-refractivity contribution in [1.29, 1.82) is 0 Å². The van der Waals surface area contributed by atoms with Crippen molar-refractivity contribution < 1.29 is 14.4 Å². The molecule has 1 aromatic carbocycles. The molecule has 0 radical (unpaired) electrons. The van der Waals surface area contributed by atoms with Gasteiger partial charge in [-0.25, -0.2) is 0 Å². The van der Waals surface area contributed by atoms with Gasteiger partial charge in [0.15, 0.2) is 0 Å². The van der Waals surface area contributed by atoms with Gasteiger partial charge in [-0.05, 0) is 52.7 Å². The van der Waals surface area contributed by atoms with Gasteiger partial charge in [0, 0.05) is 12.6 Å². The minimum Gasteiger partial charge on any atom is -0.327 e. The van der Waals surface area contributed by atoms with Crippen LogP contribution in [0.2, 0.25) is 0 Å². The van der Waals surface area contributed by atoms with E-state index < -0.39 is 6.04 Å². The fourth-order valence-corrected chi connectivity index (χ4v) is 4.44. The third-order valence-corrected chi connectivity index (χ3v) is 5.87. The molecule has 1 atom stereocenters. The summed E-state index contributed by atoms with van der Waals surface area (Å²) in [5, 5.41) is 7.43. The molecule has 4 rings (SSSR count). The number of benzene rings is 1. The molecule has 1 N–H and O–H groups in total. The minimum atomic E-state index is -0.509. The Balaban J connectivity index is 1.63. The van der Waals surface area contributed by atoms with Gasteiger partial charge in [-0.3, -0.25) is 19.1 Å². The molecule has 30 heavy (non-hydrogen) atoms. The maximum atomic E-state index is 13.3. The third kappa shape index (κ3) is 3.26. The van der Waals surface area contributed by atoms with E-state index in [0.717, 1.165) is 17.8 Å². The van der Waals surface area contributed by atoms with Crippen LogP contribution in [0.5, 0.6) is 0 Å². The highest BCUT2D eigenvalue weighted by Gasteiger charge is 2.42. The second-order valence-electron chi connectivity index (χ2n) is 8.23. The van der Waals surface area contributed by atoms with Crippen LogP contribution in [0.1, 0.15) is 54.5 Å². The average molecular weight is 409 g/mol. The van der Waals surface area contributed by atoms with Crippen LogP contribution in [0, 0.1) is 13.8 Å². The van der Waals surface area contributed by atoms with Gasteiger partial charge in [0.05, 0.1) is 28.3 Å². The maximum absolute atomic E-state index is 13.3. The number of amides is 3. The Labute approximate surface area is 175 Å². The predicted octanol–water partition coefficient (Wildman–Crippen LogP) is 2.67. The number of aromatic nitrogens is 2. The molecular weight excluding hydrogens is 382 g/mol. The molecule has 0 spiro atoms. The summed E-state index contributed by atoms with van der Waals surface area (Å²) in [6.45, 7) is 8.24. The molecule has 2 aromatic rings. The molecule has 3 amide bonds. The molecule has 8 nitrogen and oxygen atoms in total. The molecule has 0 saturated carbocycles. The summed E-state index contributed by atoms with van der Waals surface area (Å²) < 4.78 is 1.87. The molecule has 0 bridgehead atoms. The van der Waals surface area contributed by atoms with Crippen molar-refractivity contribution >= 4 is 29.1 Å². The summed E-state index contributed by atoms with van der Waals surface area (Å²) in [6.07, 6.45) is 1.41. The Morgan fingerprint density at radius 1 is 1.23 bits per heavy atom. The number of rotatable bonds is 4. The Bertz CT molecular complexity index is 1030. The fraction of sp³-hybridized carbons (Fsp3) is 0.455. The normalized spacial score (nSPS) is 18.5. The van der Waals surface area contributed by atoms with Crippen molar-refractivity contribution in [2.24, 2.45) is 0 Å². The Morgan fingerprint density at radius 3 is 2.67 bits per heavy atom. The van der Waals surface area contributed by atoms with E-state index in [0.29, 0.717) is 29.9 Å². The quantitative estimate of drug-likeness (QED) is 0.841. The topological polar surface area (TPSA) is 87.5 Å². The lowest BCUT2D eigenvalue weighted by molar-refractivity contribution is -0.124. The van der Waals surface area contributed by atoms with Crippen molar-refractivity contribution in [3.8, 4) is 0 Å². The smallest absolute Gasteiger partial charge is 0.256 e. The SMILES string of the molecule is Cc1nn(C(C)C)c(C)c1NC(=O)CN1C(=O)[C@H]2CCCN2C(=O)c2ccccc21. The lowest BCUT2D eigenvalue weighted by Crippen LogP contribution is -2.47. The third-order valence-electron chi connectivity index (χ3n) is 5.87. The monoisotopic (exact) mass is 409 g/mol. The van der Waals surface area contributed by atoms with E-state index in [1.165, 1.54) is 4.90 Å². The van der Waals surface area contributed by atoms with Gasteiger partial charge >= 0.3 is 0 Å². The number of hydrogen-bond acceptors (Lipinski definition) is 4. The molecule has 8 heteroatoms. The number of carbonyl (C=O) groups is 3. The number of carbonyl (C=O) groups excluding carboxylic acids is 3. The molecule has 0 aliphatic carbocycles. The van der Waals surface area contributed by atoms with Gasteiger partial charge in [-0.2, -0.15) is 5.10 Å². The first-order valence-corrected chi connectivity index (χ1v) is 10.4. The Morgan fingerprint density at radius 2 is 1.97 bits per heavy atom. The van der Waals surface area contributed by atoms with E-state index in [2.05, 4.69) is 10.4 Å². The van der Waals surface area contributed by atoms with E-state index in [4.69, 9.17) is 0 Å². The van der Waals surface area contributed by atoms with Crippen LogP contribution < -0.4 is 10.2 Å². The van der Waals surface area contributed by atoms with Crippen molar-refractivity contribution in [3.05, 3.63) is 41.2 Å². The number of fused-ring (bicyclic) bond motifs is 2. The zero-order valence-corrected chi connectivity index (χ0v) is 17.8. The highest BCUT2D eigenvalue weighted by atomic mass is 16.2. The first-order chi connectivity index (χ1) is 14.3. The second kappa shape index (κ2) is 7.59. The Hall–Kier alpha value is -3.16. The number of hydrogen-bond donors (Lipinski definition) is 1. The van der Waals surface area contributed by atoms with Gasteiger partial charge in [-0.15, -0.1) is 0 Å². The fourth-order valence-electron chi connectivity index (χ4n) is 4.44. The van der Waals surface area contributed by atoms with Crippen LogP contribution in [0.15, 0.2) is 24.3 Å². The highest BCUT2D eigenvalue weighted by Crippen LogP contribution is 2.32. The molecule has 3 heterocycles. The molecule has 158 valence electrons. The molecule has 0 unspecified atom stereocenters. The summed E-state index contributed by atoms with van der Waals surface area (Å²) in [5.74, 6) is -0.659. The molecule has 1 saturated heterocycles. The van der Waals surface area contributed by atoms with E-state index >= 15 is 0 Å². The summed E-state index contributed by atoms with van der Waals surface area (Å²) in [5.41, 5.74) is 3.22. The first-order valence-electron chi connectivity index (χ1n) is 10.4. The van der Waals surface area contributed by atoms with Crippen LogP contribution in [-0.2, 0) is 9.59 Å². The van der Waals surface area contributed by atoms with Crippen molar-refractivity contribution in [1.82, 2.24) is 14.7 Å². The largest absolute Gasteiger partial charge is 0.327 e. The Kier molecular flexibility index (Phi) is 5.09. The summed E-state index contributed by atoms with van der Waals surface area (Å²) >= 11 is 0. The van der Waals surface area contributed by atoms with Crippen LogP contribution in [0.25, 0.3) is 0 Å². The van der Waals surface area contributed by atoms with E-state index in [-0.39, 0.29) is 30.3 Å². The summed E-state index contributed by atoms with van der Waals surface area (Å²) in [4.78, 5) is 42.3. The van der Waals surface area contributed by atoms with E-state index in [9.17, 15) is 14.4 Å². The van der Waals surface area contributed by atoms with Crippen molar-refractivity contribution in [2.75, 3.05) is 23.3 Å². The molecular formula is C22H27N5O3. The second-order valence-corrected chi connectivity index (χ2v) is 8.23. The van der Waals surface area contributed by atoms with E-state index in [1.807, 2.05) is 32.4 Å². The summed E-state index contributed by atoms with van der Waals surface area (Å²) in [7, 11) is 0. The standard InChI is InChI=1S/C22H27N5O3/c1-13(2)27-15(4)20(14(3)24-27)23-19(28)12-26-17-9-6-5-8-16(17)21(29)25-11-7-10-18(25)22(26)30/h5-6,8-9,13,18H,7,10-12H2,1-4H3,(H,23,28)/t18-/m1/s1. The maximum Gasteiger partial charge on any atom is 0.256 e. The highest BCUT2D eigenvalue weighted by molar-refractivity contribution is 6.13. The van der Waals surface area contributed by atoms with Gasteiger partial charge < -0.3 is 15.1 Å². The van der Waals surface area contributed by atoms with Crippen molar-refractivity contribution in [2.45, 2.75) is 52.6 Å². The molecule has 2 aliphatic rings. The zero-order valence-electron chi connectivity index (χ0n) is 17.8. The van der Waals surface area contributed by atoms with Gasteiger partial charge in [0.25, 0.3) is 5.91 Å². The number of nitrogens with zero attached hydrogens (tertiary/aromatic N) is 4. The van der Waals surface area contributed by atoms with Gasteiger partial charge in [0.2, 0.25) is 11.8 Å². The molecule has 1 fully saturated rings. The van der Waals surface area contributed by atoms with Gasteiger partial charge in [-0.1, -0.05) is 12.1 Å². The lowest BCUT2D eigenvalue weighted by Gasteiger charge is -2.25. The van der Waals surface area contributed by atoms with Gasteiger partial charge in [0.1, 0.15) is 12.6 Å². The van der Waals surface area contributed by atoms with Crippen LogP contribution in [-0.4, -0.2) is 51.5 Å². The molecule has 2 aliphatic heterocycles. The number of anilines is 2. The number of para-hydroxylation sites is 1. The minimum absolute atomic E-state index is 0.144. The van der Waals surface area contributed by atoms with E-state index in [1.54, 1.807) is 29.2 Å². The lowest BCUT2D eigenvalue weighted by atomic mass is 10.1. The average Bonchev–Trinajstić information content (AvgIpc) is 3.29. The van der Waals surface area contributed by atoms with Crippen LogP contribution >= 0.6 is 0 Å². The number of nitrogens with one attached hydrogen (secondary N) is 1. The zero-order chi connectivity index (χ0) is 21.6. The van der Waals surface area contributed by atoms with Crippen LogP contribution in [0.3, 0.4) is 0 Å². The summed E-state index contributed by atoms with van der Waals surface area (Å²) in [6, 6.07) is 6.67. The number of aryl methyl sites for hydroxylation is 1. The van der Waals surface area contributed by atoms with Crippen LogP contribution in [0.4, 0.5) is 11.4 Å². The van der Waals surface area contributed by atoms with Crippen molar-refractivity contribution in [3.63, 3.8) is 0 Å². The first kappa shape index (κ1) is 20.1. The predicted molar refractivity (Wildman–Crippen MR) is 114 cm³/mol. The molecule has 1 aromatic heterocycles.